The van der Waals surface area contributed by atoms with Gasteiger partial charge in [-0.1, -0.05) is 0 Å². The molecule has 0 aromatic carbocycles. The highest BCUT2D eigenvalue weighted by atomic mass is 35.5. The Morgan fingerprint density at radius 3 is 1.60 bits per heavy atom. The van der Waals surface area contributed by atoms with Crippen LogP contribution >= 0.6 is 24.8 Å². The van der Waals surface area contributed by atoms with Gasteiger partial charge in [-0.2, -0.15) is 0 Å². The number of ether oxygens (including phenoxy) is 1. The molecule has 4 N–H and O–H groups in total. The normalized spacial score (nSPS) is 22.2. The maximum absolute atomic E-state index is 5.58. The second-order valence-corrected chi connectivity index (χ2v) is 2.35. The van der Waals surface area contributed by atoms with Gasteiger partial charge < -0.3 is 16.2 Å². The van der Waals surface area contributed by atoms with Gasteiger partial charge in [0, 0.05) is 26.1 Å². The van der Waals surface area contributed by atoms with E-state index in [1.165, 1.54) is 0 Å². The summed E-state index contributed by atoms with van der Waals surface area (Å²) in [7, 11) is 0. The fourth-order valence-electron chi connectivity index (χ4n) is 0.751. The Labute approximate surface area is 73.3 Å². The van der Waals surface area contributed by atoms with Gasteiger partial charge in [-0.25, -0.2) is 0 Å². The number of hydrogen-bond acceptors (Lipinski definition) is 3. The van der Waals surface area contributed by atoms with E-state index in [4.69, 9.17) is 16.2 Å². The Kier molecular flexibility index (Phi) is 6.74. The van der Waals surface area contributed by atoms with Gasteiger partial charge in [0.05, 0.1) is 5.66 Å². The van der Waals surface area contributed by atoms with E-state index in [9.17, 15) is 0 Å². The first kappa shape index (κ1) is 13.1. The van der Waals surface area contributed by atoms with Crippen LogP contribution in [0.15, 0.2) is 0 Å². The summed E-state index contributed by atoms with van der Waals surface area (Å²) in [6.07, 6.45) is 1.57. The van der Waals surface area contributed by atoms with Crippen LogP contribution in [0.1, 0.15) is 12.8 Å². The smallest absolute Gasteiger partial charge is 0.0681 e. The average Bonchev–Trinajstić information content (AvgIpc) is 1.65. The van der Waals surface area contributed by atoms with Crippen LogP contribution in [-0.2, 0) is 4.74 Å². The van der Waals surface area contributed by atoms with E-state index in [0.29, 0.717) is 13.2 Å². The first-order chi connectivity index (χ1) is 3.71. The van der Waals surface area contributed by atoms with Crippen molar-refractivity contribution in [2.75, 3.05) is 13.2 Å². The Balaban J connectivity index is 0. The molecule has 0 unspecified atom stereocenters. The topological polar surface area (TPSA) is 61.3 Å². The van der Waals surface area contributed by atoms with Crippen molar-refractivity contribution in [3.05, 3.63) is 0 Å². The lowest BCUT2D eigenvalue weighted by Crippen LogP contribution is -2.53. The quantitative estimate of drug-likeness (QED) is 0.537. The third kappa shape index (κ3) is 4.30. The van der Waals surface area contributed by atoms with Crippen molar-refractivity contribution in [1.82, 2.24) is 0 Å². The van der Waals surface area contributed by atoms with Crippen molar-refractivity contribution in [2.45, 2.75) is 18.5 Å². The molecule has 1 fully saturated rings. The molecule has 0 aromatic heterocycles. The zero-order chi connectivity index (χ0) is 6.04. The minimum absolute atomic E-state index is 0. The lowest BCUT2D eigenvalue weighted by atomic mass is 10.0. The highest BCUT2D eigenvalue weighted by Crippen LogP contribution is 2.09. The van der Waals surface area contributed by atoms with Crippen LogP contribution in [0.4, 0.5) is 0 Å². The SMILES string of the molecule is Cl.Cl.NC1(N)CCOCC1. The van der Waals surface area contributed by atoms with Gasteiger partial charge in [-0.3, -0.25) is 0 Å². The molecule has 1 aliphatic rings. The summed E-state index contributed by atoms with van der Waals surface area (Å²) in [4.78, 5) is 0. The summed E-state index contributed by atoms with van der Waals surface area (Å²) in [5.41, 5.74) is 10.7. The highest BCUT2D eigenvalue weighted by molar-refractivity contribution is 5.85. The van der Waals surface area contributed by atoms with Crippen LogP contribution < -0.4 is 11.5 Å². The molecular weight excluding hydrogens is 175 g/mol. The molecule has 0 amide bonds. The monoisotopic (exact) mass is 188 g/mol. The van der Waals surface area contributed by atoms with Crippen molar-refractivity contribution >= 4 is 24.8 Å². The maximum atomic E-state index is 5.58. The van der Waals surface area contributed by atoms with E-state index in [-0.39, 0.29) is 24.8 Å². The molecule has 5 heteroatoms. The predicted octanol–water partition coefficient (Wildman–Crippen LogP) is 0.254. The van der Waals surface area contributed by atoms with Crippen molar-refractivity contribution in [2.24, 2.45) is 11.5 Å². The lowest BCUT2D eigenvalue weighted by Gasteiger charge is -2.28. The number of rotatable bonds is 0. The summed E-state index contributed by atoms with van der Waals surface area (Å²) < 4.78 is 5.05. The Hall–Kier alpha value is 0.460. The number of halogens is 2. The maximum Gasteiger partial charge on any atom is 0.0681 e. The summed E-state index contributed by atoms with van der Waals surface area (Å²) >= 11 is 0. The van der Waals surface area contributed by atoms with Gasteiger partial charge in [0.2, 0.25) is 0 Å². The van der Waals surface area contributed by atoms with Gasteiger partial charge in [-0.05, 0) is 0 Å². The van der Waals surface area contributed by atoms with Crippen LogP contribution in [0.25, 0.3) is 0 Å². The molecule has 1 saturated heterocycles. The molecule has 1 rings (SSSR count). The molecule has 3 nitrogen and oxygen atoms in total. The fourth-order valence-corrected chi connectivity index (χ4v) is 0.751. The molecule has 0 aliphatic carbocycles. The van der Waals surface area contributed by atoms with E-state index in [1.807, 2.05) is 0 Å². The Bertz CT molecular complexity index is 81.7. The van der Waals surface area contributed by atoms with E-state index < -0.39 is 5.66 Å². The van der Waals surface area contributed by atoms with Crippen LogP contribution in [-0.4, -0.2) is 18.9 Å². The third-order valence-electron chi connectivity index (χ3n) is 1.42. The zero-order valence-corrected chi connectivity index (χ0v) is 7.34. The van der Waals surface area contributed by atoms with Crippen molar-refractivity contribution in [3.8, 4) is 0 Å². The number of hydrogen-bond donors (Lipinski definition) is 2. The Morgan fingerprint density at radius 2 is 1.40 bits per heavy atom. The summed E-state index contributed by atoms with van der Waals surface area (Å²) in [6, 6.07) is 0. The second-order valence-electron chi connectivity index (χ2n) is 2.35. The lowest BCUT2D eigenvalue weighted by molar-refractivity contribution is 0.0555. The average molecular weight is 189 g/mol. The zero-order valence-electron chi connectivity index (χ0n) is 5.71. The summed E-state index contributed by atoms with van der Waals surface area (Å²) in [6.45, 7) is 1.43. The first-order valence-corrected chi connectivity index (χ1v) is 2.86. The largest absolute Gasteiger partial charge is 0.381 e. The molecule has 0 radical (unpaired) electrons. The minimum atomic E-state index is -0.446. The van der Waals surface area contributed by atoms with Gasteiger partial charge in [0.15, 0.2) is 0 Å². The molecule has 1 heterocycles. The van der Waals surface area contributed by atoms with Gasteiger partial charge in [0.1, 0.15) is 0 Å². The van der Waals surface area contributed by atoms with Crippen LogP contribution in [0, 0.1) is 0 Å². The second kappa shape index (κ2) is 5.16. The van der Waals surface area contributed by atoms with Crippen LogP contribution in [0.2, 0.25) is 0 Å². The van der Waals surface area contributed by atoms with Crippen LogP contribution in [0.3, 0.4) is 0 Å². The van der Waals surface area contributed by atoms with Crippen molar-refractivity contribution in [3.63, 3.8) is 0 Å². The molecule has 10 heavy (non-hydrogen) atoms. The van der Waals surface area contributed by atoms with Gasteiger partial charge in [0.25, 0.3) is 0 Å². The molecule has 0 bridgehead atoms. The molecule has 64 valence electrons. The molecule has 1 aliphatic heterocycles. The highest BCUT2D eigenvalue weighted by Gasteiger charge is 2.21. The van der Waals surface area contributed by atoms with E-state index in [0.717, 1.165) is 12.8 Å². The molecule has 0 saturated carbocycles. The van der Waals surface area contributed by atoms with E-state index in [2.05, 4.69) is 0 Å². The first-order valence-electron chi connectivity index (χ1n) is 2.86. The van der Waals surface area contributed by atoms with Crippen molar-refractivity contribution in [1.29, 1.82) is 0 Å². The van der Waals surface area contributed by atoms with E-state index >= 15 is 0 Å². The summed E-state index contributed by atoms with van der Waals surface area (Å²) in [5, 5.41) is 0. The predicted molar refractivity (Wildman–Crippen MR) is 45.7 cm³/mol. The Morgan fingerprint density at radius 1 is 1.00 bits per heavy atom. The van der Waals surface area contributed by atoms with E-state index in [1.54, 1.807) is 0 Å². The molecular formula is C5H14Cl2N2O. The van der Waals surface area contributed by atoms with Gasteiger partial charge in [-0.15, -0.1) is 24.8 Å². The third-order valence-corrected chi connectivity index (χ3v) is 1.42. The summed E-state index contributed by atoms with van der Waals surface area (Å²) in [5.74, 6) is 0. The fraction of sp³-hybridized carbons (Fsp3) is 1.00. The van der Waals surface area contributed by atoms with Crippen LogP contribution in [0.5, 0.6) is 0 Å². The number of nitrogens with two attached hydrogens (primary N) is 2. The molecule has 0 atom stereocenters. The van der Waals surface area contributed by atoms with Gasteiger partial charge >= 0.3 is 0 Å². The molecule has 0 spiro atoms. The van der Waals surface area contributed by atoms with Crippen molar-refractivity contribution < 1.29 is 4.74 Å². The minimum Gasteiger partial charge on any atom is -0.381 e. The standard InChI is InChI=1S/C5H12N2O.2ClH/c6-5(7)1-3-8-4-2-5;;/h1-4,6-7H2;2*1H. The molecule has 0 aromatic rings.